The van der Waals surface area contributed by atoms with Gasteiger partial charge in [0.15, 0.2) is 10.8 Å². The van der Waals surface area contributed by atoms with Gasteiger partial charge in [-0.3, -0.25) is 9.20 Å². The van der Waals surface area contributed by atoms with E-state index in [-0.39, 0.29) is 11.9 Å². The van der Waals surface area contributed by atoms with E-state index >= 15 is 0 Å². The number of nitrogens with one attached hydrogen (secondary N) is 1. The third-order valence-corrected chi connectivity index (χ3v) is 4.29. The minimum Gasteiger partial charge on any atom is -0.368 e. The lowest BCUT2D eigenvalue weighted by Gasteiger charge is -2.23. The van der Waals surface area contributed by atoms with E-state index in [4.69, 9.17) is 5.73 Å². The molecule has 2 aromatic heterocycles. The van der Waals surface area contributed by atoms with Crippen LogP contribution in [0.5, 0.6) is 0 Å². The topological polar surface area (TPSA) is 75.7 Å². The molecule has 0 aliphatic carbocycles. The maximum atomic E-state index is 11.5. The van der Waals surface area contributed by atoms with Gasteiger partial charge in [0.1, 0.15) is 6.04 Å². The summed E-state index contributed by atoms with van der Waals surface area (Å²) >= 11 is 1.60. The minimum atomic E-state index is -0.260. The Hall–Kier alpha value is -1.60. The molecule has 19 heavy (non-hydrogen) atoms. The molecule has 0 aromatic carbocycles. The summed E-state index contributed by atoms with van der Waals surface area (Å²) in [5.41, 5.74) is 6.58. The number of nitrogens with zero attached hydrogens (tertiary/aromatic N) is 3. The van der Waals surface area contributed by atoms with E-state index in [1.165, 1.54) is 0 Å². The summed E-state index contributed by atoms with van der Waals surface area (Å²) in [4.78, 5) is 19.2. The van der Waals surface area contributed by atoms with Gasteiger partial charge in [-0.2, -0.15) is 0 Å². The monoisotopic (exact) mass is 279 g/mol. The normalized spacial score (nSPS) is 19.4. The third-order valence-electron chi connectivity index (χ3n) is 3.54. The number of nitrogens with two attached hydrogens (primary N) is 1. The van der Waals surface area contributed by atoms with Crippen LogP contribution in [0.15, 0.2) is 11.6 Å². The highest BCUT2D eigenvalue weighted by atomic mass is 32.1. The first-order valence-corrected chi connectivity index (χ1v) is 7.25. The van der Waals surface area contributed by atoms with Gasteiger partial charge in [-0.1, -0.05) is 0 Å². The molecular formula is C12H17N5OS. The van der Waals surface area contributed by atoms with Crippen LogP contribution in [0.2, 0.25) is 0 Å². The molecule has 1 unspecified atom stereocenters. The van der Waals surface area contributed by atoms with Crippen LogP contribution >= 0.6 is 11.3 Å². The average Bonchev–Trinajstić information content (AvgIpc) is 3.04. The first-order chi connectivity index (χ1) is 9.22. The molecule has 3 rings (SSSR count). The van der Waals surface area contributed by atoms with Crippen molar-refractivity contribution in [3.8, 4) is 0 Å². The van der Waals surface area contributed by atoms with Crippen molar-refractivity contribution in [3.05, 3.63) is 17.3 Å². The molecule has 2 aromatic rings. The smallest absolute Gasteiger partial charge is 0.240 e. The molecule has 1 saturated heterocycles. The quantitative estimate of drug-likeness (QED) is 0.858. The molecule has 0 spiro atoms. The molecule has 3 heterocycles. The Morgan fingerprint density at radius 3 is 3.26 bits per heavy atom. The molecule has 1 amide bonds. The number of anilines is 1. The fourth-order valence-corrected chi connectivity index (χ4v) is 3.43. The van der Waals surface area contributed by atoms with Crippen molar-refractivity contribution < 1.29 is 4.79 Å². The van der Waals surface area contributed by atoms with Crippen LogP contribution in [0.3, 0.4) is 0 Å². The Kier molecular flexibility index (Phi) is 3.16. The van der Waals surface area contributed by atoms with Gasteiger partial charge in [-0.25, -0.2) is 4.98 Å². The molecule has 7 heteroatoms. The maximum Gasteiger partial charge on any atom is 0.240 e. The number of aromatic nitrogens is 2. The van der Waals surface area contributed by atoms with Gasteiger partial charge in [0, 0.05) is 24.7 Å². The highest BCUT2D eigenvalue weighted by Crippen LogP contribution is 2.30. The molecule has 0 bridgehead atoms. The van der Waals surface area contributed by atoms with Gasteiger partial charge in [0.05, 0.1) is 5.69 Å². The zero-order valence-corrected chi connectivity index (χ0v) is 11.6. The van der Waals surface area contributed by atoms with Crippen LogP contribution in [0, 0.1) is 0 Å². The number of carbonyl (C=O) groups is 1. The van der Waals surface area contributed by atoms with Crippen molar-refractivity contribution in [1.29, 1.82) is 0 Å². The summed E-state index contributed by atoms with van der Waals surface area (Å²) in [7, 11) is 1.91. The summed E-state index contributed by atoms with van der Waals surface area (Å²) < 4.78 is 2.08. The molecule has 6 nitrogen and oxygen atoms in total. The number of hydrogen-bond donors (Lipinski definition) is 2. The summed E-state index contributed by atoms with van der Waals surface area (Å²) in [5.74, 6) is 0.631. The van der Waals surface area contributed by atoms with E-state index in [0.717, 1.165) is 42.4 Å². The lowest BCUT2D eigenvalue weighted by atomic mass is 10.2. The van der Waals surface area contributed by atoms with E-state index in [0.29, 0.717) is 0 Å². The van der Waals surface area contributed by atoms with Crippen molar-refractivity contribution in [3.63, 3.8) is 0 Å². The number of hydrogen-bond acceptors (Lipinski definition) is 5. The predicted octanol–water partition coefficient (Wildman–Crippen LogP) is 0.569. The zero-order valence-electron chi connectivity index (χ0n) is 10.8. The standard InChI is InChI=1S/C12H17N5OS/c1-14-7-9-11(15-12-17(9)5-6-19-12)16-4-2-3-8(16)10(13)18/h5-6,8,14H,2-4,7H2,1H3,(H2,13,18). The summed E-state index contributed by atoms with van der Waals surface area (Å²) in [5, 5.41) is 5.18. The lowest BCUT2D eigenvalue weighted by Crippen LogP contribution is -2.41. The molecule has 3 N–H and O–H groups in total. The van der Waals surface area contributed by atoms with Crippen LogP contribution in [-0.4, -0.2) is 34.9 Å². The first-order valence-electron chi connectivity index (χ1n) is 6.37. The fourth-order valence-electron chi connectivity index (χ4n) is 2.70. The van der Waals surface area contributed by atoms with Crippen molar-refractivity contribution in [2.45, 2.75) is 25.4 Å². The predicted molar refractivity (Wildman–Crippen MR) is 75.4 cm³/mol. The second-order valence-electron chi connectivity index (χ2n) is 4.72. The van der Waals surface area contributed by atoms with Gasteiger partial charge >= 0.3 is 0 Å². The number of thiazole rings is 1. The number of fused-ring (bicyclic) bond motifs is 1. The van der Waals surface area contributed by atoms with Gasteiger partial charge in [-0.15, -0.1) is 11.3 Å². The SMILES string of the molecule is CNCc1c(N2CCCC2C(N)=O)nc2sccn12. The van der Waals surface area contributed by atoms with Crippen molar-refractivity contribution in [2.24, 2.45) is 5.73 Å². The van der Waals surface area contributed by atoms with Gasteiger partial charge in [0.2, 0.25) is 5.91 Å². The van der Waals surface area contributed by atoms with E-state index in [1.807, 2.05) is 18.6 Å². The van der Waals surface area contributed by atoms with Crippen molar-refractivity contribution in [2.75, 3.05) is 18.5 Å². The Morgan fingerprint density at radius 1 is 1.68 bits per heavy atom. The Morgan fingerprint density at radius 2 is 2.53 bits per heavy atom. The molecule has 1 aliphatic heterocycles. The Bertz CT molecular complexity index is 604. The van der Waals surface area contributed by atoms with Crippen molar-refractivity contribution in [1.82, 2.24) is 14.7 Å². The van der Waals surface area contributed by atoms with Crippen LogP contribution in [0.4, 0.5) is 5.82 Å². The Balaban J connectivity index is 2.05. The maximum absolute atomic E-state index is 11.5. The van der Waals surface area contributed by atoms with Crippen LogP contribution < -0.4 is 16.0 Å². The highest BCUT2D eigenvalue weighted by molar-refractivity contribution is 7.15. The van der Waals surface area contributed by atoms with E-state index in [1.54, 1.807) is 11.3 Å². The molecular weight excluding hydrogens is 262 g/mol. The summed E-state index contributed by atoms with van der Waals surface area (Å²) in [6, 6.07) is -0.222. The second-order valence-corrected chi connectivity index (χ2v) is 5.59. The number of primary amides is 1. The highest BCUT2D eigenvalue weighted by Gasteiger charge is 2.32. The zero-order chi connectivity index (χ0) is 13.4. The largest absolute Gasteiger partial charge is 0.368 e. The lowest BCUT2D eigenvalue weighted by molar-refractivity contribution is -0.119. The fraction of sp³-hybridized carbons (Fsp3) is 0.500. The van der Waals surface area contributed by atoms with E-state index < -0.39 is 0 Å². The summed E-state index contributed by atoms with van der Waals surface area (Å²) in [6.45, 7) is 1.56. The van der Waals surface area contributed by atoms with Crippen LogP contribution in [0.1, 0.15) is 18.5 Å². The minimum absolute atomic E-state index is 0.222. The molecule has 1 fully saturated rings. The third kappa shape index (κ3) is 1.98. The average molecular weight is 279 g/mol. The van der Waals surface area contributed by atoms with Crippen LogP contribution in [-0.2, 0) is 11.3 Å². The number of imidazole rings is 1. The van der Waals surface area contributed by atoms with E-state index in [2.05, 4.69) is 19.6 Å². The van der Waals surface area contributed by atoms with Gasteiger partial charge in [-0.05, 0) is 19.9 Å². The number of carbonyl (C=O) groups excluding carboxylic acids is 1. The number of rotatable bonds is 4. The molecule has 1 atom stereocenters. The van der Waals surface area contributed by atoms with Gasteiger partial charge < -0.3 is 16.0 Å². The molecule has 0 radical (unpaired) electrons. The van der Waals surface area contributed by atoms with Crippen molar-refractivity contribution >= 4 is 28.0 Å². The van der Waals surface area contributed by atoms with E-state index in [9.17, 15) is 4.79 Å². The summed E-state index contributed by atoms with van der Waals surface area (Å²) in [6.07, 6.45) is 3.82. The molecule has 102 valence electrons. The second kappa shape index (κ2) is 4.82. The first kappa shape index (κ1) is 12.4. The molecule has 0 saturated carbocycles. The van der Waals surface area contributed by atoms with Gasteiger partial charge in [0.25, 0.3) is 0 Å². The molecule has 1 aliphatic rings. The number of amides is 1. The Labute approximate surface area is 115 Å². The van der Waals surface area contributed by atoms with Crippen LogP contribution in [0.25, 0.3) is 4.96 Å².